The number of nitrogens with one attached hydrogen (secondary N) is 1. The molecule has 5 aromatic carbocycles. The van der Waals surface area contributed by atoms with Gasteiger partial charge in [-0.3, -0.25) is 14.4 Å². The third-order valence-corrected chi connectivity index (χ3v) is 16.5. The van der Waals surface area contributed by atoms with Crippen LogP contribution in [0, 0.1) is 16.7 Å². The van der Waals surface area contributed by atoms with E-state index in [4.69, 9.17) is 28.4 Å². The number of rotatable bonds is 9. The zero-order valence-corrected chi connectivity index (χ0v) is 45.3. The van der Waals surface area contributed by atoms with Crippen LogP contribution < -0.4 is 10.1 Å². The van der Waals surface area contributed by atoms with E-state index >= 15 is 0 Å². The van der Waals surface area contributed by atoms with Gasteiger partial charge in [0.05, 0.1) is 47.6 Å². The molecule has 17 heteroatoms. The topological polar surface area (TPSA) is 251 Å². The standard InChI is InChI=1S/C43H53NO14.C19H14O2/c1-22-26(55-37(51)32(48)30(24-15-11-9-12-16-24)44-38(52)58-39(3,4)5)20-43(53)35(56-36(50)25-17-13-10-14-18-25)33-41(8,34(49)31(47)29(22)40(43,6)7)27(46)19-28-42(33,21-54-28)57-23(2)45;20-17-12-18(14-7-2-1-3-8-14)21-19-15-9-5-4-6-13(15)10-11-16(17)19/h9-18,26-28,30-33,35,46-48,53H,19-21H2,1-8H3,(H,44,52);1-11,18H,12H2/t26-,27-,28+,30-,31+,32+,33-,35-,41+,42-,43+;/m0./s1. The molecule has 79 heavy (non-hydrogen) atoms. The number of carbonyl (C=O) groups excluding carboxylic acids is 6. The lowest BCUT2D eigenvalue weighted by atomic mass is 9.44. The van der Waals surface area contributed by atoms with Crippen molar-refractivity contribution in [2.75, 3.05) is 6.61 Å². The number of benzene rings is 5. The van der Waals surface area contributed by atoms with Gasteiger partial charge in [-0.1, -0.05) is 123 Å². The fourth-order valence-electron chi connectivity index (χ4n) is 12.5. The second-order valence-electron chi connectivity index (χ2n) is 22.9. The summed E-state index contributed by atoms with van der Waals surface area (Å²) >= 11 is 0. The van der Waals surface area contributed by atoms with Crippen LogP contribution in [0.25, 0.3) is 10.8 Å². The Morgan fingerprint density at radius 3 is 2.05 bits per heavy atom. The number of alkyl carbamates (subject to hydrolysis) is 1. The van der Waals surface area contributed by atoms with Crippen molar-refractivity contribution in [2.45, 2.75) is 140 Å². The zero-order chi connectivity index (χ0) is 57.0. The maximum atomic E-state index is 14.9. The Balaban J connectivity index is 0.000000297. The maximum Gasteiger partial charge on any atom is 0.408 e. The minimum absolute atomic E-state index is 0.0637. The van der Waals surface area contributed by atoms with Crippen LogP contribution in [0.2, 0.25) is 0 Å². The van der Waals surface area contributed by atoms with Crippen molar-refractivity contribution in [3.05, 3.63) is 161 Å². The van der Waals surface area contributed by atoms with Crippen molar-refractivity contribution in [1.29, 1.82) is 0 Å². The fraction of sp³-hybridized carbons (Fsp3) is 0.419. The van der Waals surface area contributed by atoms with Crippen LogP contribution in [-0.4, -0.2) is 116 Å². The second-order valence-corrected chi connectivity index (χ2v) is 22.9. The Hall–Kier alpha value is -7.28. The van der Waals surface area contributed by atoms with Crippen molar-refractivity contribution in [3.63, 3.8) is 0 Å². The van der Waals surface area contributed by atoms with Gasteiger partial charge in [0.1, 0.15) is 47.5 Å². The van der Waals surface area contributed by atoms with Gasteiger partial charge in [0.2, 0.25) is 0 Å². The Kier molecular flexibility index (Phi) is 15.3. The number of hydrogen-bond acceptors (Lipinski definition) is 16. The molecule has 2 aliphatic heterocycles. The van der Waals surface area contributed by atoms with Crippen molar-refractivity contribution in [2.24, 2.45) is 16.7 Å². The summed E-state index contributed by atoms with van der Waals surface area (Å²) in [5.41, 5.74) is -6.39. The lowest BCUT2D eigenvalue weighted by Crippen LogP contribution is -2.81. The van der Waals surface area contributed by atoms with Crippen LogP contribution in [0.3, 0.4) is 0 Å². The molecule has 3 aliphatic carbocycles. The quantitative estimate of drug-likeness (QED) is 0.0536. The molecule has 17 nitrogen and oxygen atoms in total. The summed E-state index contributed by atoms with van der Waals surface area (Å²) in [5, 5.41) is 53.7. The lowest BCUT2D eigenvalue weighted by molar-refractivity contribution is -0.346. The molecule has 5 aliphatic rings. The summed E-state index contributed by atoms with van der Waals surface area (Å²) in [6.45, 7) is 11.8. The molecule has 10 rings (SSSR count). The molecular formula is C62H67NO16. The maximum absolute atomic E-state index is 14.9. The minimum Gasteiger partial charge on any atom is -0.484 e. The SMILES string of the molecule is CC(=O)O[C@@]12CO[C@@H]1C[C@H](O)[C@@]1(C)C(=O)[C@H](O)C3=C(C)[C@@H](OC(=O)[C@H](O)[C@@H](NC(=O)OC(C)(C)C)c4ccccc4)C[C@@](O)([C@@H](OC(=O)c4ccccc4)[C@H]21)C3(C)C.O=C1CC(c2ccccc2)Oc2c1ccc1ccccc21. The first-order valence-electron chi connectivity index (χ1n) is 26.4. The van der Waals surface area contributed by atoms with Gasteiger partial charge in [0.15, 0.2) is 23.3 Å². The van der Waals surface area contributed by atoms with Crippen LogP contribution in [0.1, 0.15) is 119 Å². The molecule has 12 atom stereocenters. The summed E-state index contributed by atoms with van der Waals surface area (Å²) in [5.74, 6) is -4.49. The average molecular weight is 1080 g/mol. The van der Waals surface area contributed by atoms with Crippen molar-refractivity contribution < 1.29 is 77.6 Å². The summed E-state index contributed by atoms with van der Waals surface area (Å²) in [6.07, 6.45) is -11.3. The van der Waals surface area contributed by atoms with E-state index < -0.39 is 112 Å². The molecule has 2 saturated carbocycles. The van der Waals surface area contributed by atoms with Crippen LogP contribution in [0.15, 0.2) is 139 Å². The number of carbonyl (C=O) groups is 6. The number of hydrogen-bond donors (Lipinski definition) is 5. The number of aliphatic hydroxyl groups excluding tert-OH is 3. The van der Waals surface area contributed by atoms with Gasteiger partial charge in [0, 0.05) is 30.6 Å². The monoisotopic (exact) mass is 1080 g/mol. The molecule has 416 valence electrons. The first kappa shape index (κ1) is 56.4. The zero-order valence-electron chi connectivity index (χ0n) is 45.3. The van der Waals surface area contributed by atoms with Crippen LogP contribution in [-0.2, 0) is 38.1 Å². The van der Waals surface area contributed by atoms with E-state index in [2.05, 4.69) is 5.32 Å². The molecule has 0 aromatic heterocycles. The van der Waals surface area contributed by atoms with Gasteiger partial charge in [-0.15, -0.1) is 0 Å². The number of amides is 1. The highest BCUT2D eigenvalue weighted by molar-refractivity contribution is 6.06. The molecule has 5 aromatic rings. The van der Waals surface area contributed by atoms with Gasteiger partial charge in [-0.25, -0.2) is 14.4 Å². The molecule has 1 amide bonds. The normalized spacial score (nSPS) is 29.3. The van der Waals surface area contributed by atoms with Crippen molar-refractivity contribution in [3.8, 4) is 5.75 Å². The van der Waals surface area contributed by atoms with E-state index in [1.807, 2.05) is 66.7 Å². The van der Waals surface area contributed by atoms with E-state index in [-0.39, 0.29) is 41.6 Å². The van der Waals surface area contributed by atoms with E-state index in [1.54, 1.807) is 83.1 Å². The molecule has 3 fully saturated rings. The predicted octanol–water partition coefficient (Wildman–Crippen LogP) is 7.81. The van der Waals surface area contributed by atoms with E-state index in [0.29, 0.717) is 17.5 Å². The number of fused-ring (bicyclic) bond motifs is 8. The third kappa shape index (κ3) is 10.2. The molecule has 2 bridgehead atoms. The van der Waals surface area contributed by atoms with E-state index in [9.17, 15) is 49.2 Å². The Morgan fingerprint density at radius 1 is 0.810 bits per heavy atom. The number of ketones is 2. The second kappa shape index (κ2) is 21.4. The Morgan fingerprint density at radius 2 is 1.43 bits per heavy atom. The summed E-state index contributed by atoms with van der Waals surface area (Å²) in [4.78, 5) is 81.3. The Bertz CT molecular complexity index is 3190. The summed E-state index contributed by atoms with van der Waals surface area (Å²) in [6, 6.07) is 36.4. The van der Waals surface area contributed by atoms with Gasteiger partial charge in [0.25, 0.3) is 0 Å². The van der Waals surface area contributed by atoms with Crippen molar-refractivity contribution in [1.82, 2.24) is 5.32 Å². The van der Waals surface area contributed by atoms with Crippen LogP contribution in [0.5, 0.6) is 5.75 Å². The fourth-order valence-corrected chi connectivity index (χ4v) is 12.5. The highest BCUT2D eigenvalue weighted by atomic mass is 16.6. The molecule has 0 radical (unpaired) electrons. The molecule has 5 N–H and O–H groups in total. The minimum atomic E-state index is -2.35. The molecule has 0 spiro atoms. The number of esters is 3. The van der Waals surface area contributed by atoms with Crippen LogP contribution >= 0.6 is 0 Å². The van der Waals surface area contributed by atoms with Gasteiger partial charge < -0.3 is 54.2 Å². The number of aliphatic hydroxyl groups is 4. The van der Waals surface area contributed by atoms with E-state index in [1.165, 1.54) is 26.0 Å². The summed E-state index contributed by atoms with van der Waals surface area (Å²) < 4.78 is 35.7. The van der Waals surface area contributed by atoms with Gasteiger partial charge >= 0.3 is 24.0 Å². The summed E-state index contributed by atoms with van der Waals surface area (Å²) in [7, 11) is 0. The van der Waals surface area contributed by atoms with Crippen LogP contribution in [0.4, 0.5) is 4.79 Å². The smallest absolute Gasteiger partial charge is 0.408 e. The van der Waals surface area contributed by atoms with E-state index in [0.717, 1.165) is 29.0 Å². The molecule has 2 heterocycles. The van der Waals surface area contributed by atoms with Gasteiger partial charge in [-0.05, 0) is 80.5 Å². The molecule has 1 saturated heterocycles. The van der Waals surface area contributed by atoms with Crippen molar-refractivity contribution >= 4 is 46.3 Å². The molecule has 1 unspecified atom stereocenters. The first-order valence-corrected chi connectivity index (χ1v) is 26.4. The average Bonchev–Trinajstić information content (AvgIpc) is 2.31. The first-order chi connectivity index (χ1) is 37.3. The van der Waals surface area contributed by atoms with Gasteiger partial charge in [-0.2, -0.15) is 0 Å². The predicted molar refractivity (Wildman–Crippen MR) is 286 cm³/mol. The number of ether oxygens (including phenoxy) is 6. The molecular weight excluding hydrogens is 1010 g/mol. The lowest BCUT2D eigenvalue weighted by Gasteiger charge is -2.67. The highest BCUT2D eigenvalue weighted by Crippen LogP contribution is 2.64. The highest BCUT2D eigenvalue weighted by Gasteiger charge is 2.78. The Labute approximate surface area is 457 Å². The number of Topliss-reactive ketones (excluding diaryl/α,β-unsaturated/α-hetero) is 2. The third-order valence-electron chi connectivity index (χ3n) is 16.5. The largest absolute Gasteiger partial charge is 0.484 e.